The highest BCUT2D eigenvalue weighted by molar-refractivity contribution is 6.04. The zero-order chi connectivity index (χ0) is 23.3. The maximum atomic E-state index is 5.91. The lowest BCUT2D eigenvalue weighted by Gasteiger charge is -2.16. The Morgan fingerprint density at radius 3 is 2.76 bits per heavy atom. The molecule has 180 valence electrons. The molecule has 0 bridgehead atoms. The van der Waals surface area contributed by atoms with Crippen molar-refractivity contribution in [1.29, 1.82) is 0 Å². The van der Waals surface area contributed by atoms with Crippen molar-refractivity contribution in [3.05, 3.63) is 42.2 Å². The van der Waals surface area contributed by atoms with Crippen molar-refractivity contribution in [2.75, 3.05) is 45.7 Å². The second-order valence-electron chi connectivity index (χ2n) is 9.49. The van der Waals surface area contributed by atoms with Crippen LogP contribution in [-0.4, -0.2) is 66.4 Å². The summed E-state index contributed by atoms with van der Waals surface area (Å²) in [6, 6.07) is 8.38. The number of aromatic amines is 1. The molecule has 7 nitrogen and oxygen atoms in total. The van der Waals surface area contributed by atoms with Gasteiger partial charge in [-0.25, -0.2) is 9.97 Å². The molecule has 2 N–H and O–H groups in total. The molecule has 5 rings (SSSR count). The summed E-state index contributed by atoms with van der Waals surface area (Å²) < 4.78 is 11.7. The summed E-state index contributed by atoms with van der Waals surface area (Å²) in [6.45, 7) is 3.19. The first kappa shape index (κ1) is 22.9. The molecule has 0 spiro atoms. The van der Waals surface area contributed by atoms with Crippen LogP contribution in [-0.2, 0) is 4.74 Å². The molecule has 1 aromatic carbocycles. The minimum Gasteiger partial charge on any atom is -0.492 e. The van der Waals surface area contributed by atoms with Crippen LogP contribution in [0, 0.1) is 0 Å². The molecule has 7 heteroatoms. The second-order valence-corrected chi connectivity index (χ2v) is 9.49. The maximum absolute atomic E-state index is 5.91. The first-order chi connectivity index (χ1) is 16.7. The van der Waals surface area contributed by atoms with Gasteiger partial charge in [-0.2, -0.15) is 0 Å². The molecule has 1 aliphatic heterocycles. The van der Waals surface area contributed by atoms with Gasteiger partial charge in [0.2, 0.25) is 0 Å². The molecule has 1 fully saturated rings. The van der Waals surface area contributed by atoms with Crippen LogP contribution in [0.5, 0.6) is 5.75 Å². The van der Waals surface area contributed by atoms with E-state index in [0.717, 1.165) is 79.2 Å². The zero-order valence-electron chi connectivity index (χ0n) is 20.3. The Balaban J connectivity index is 1.49. The molecule has 2 aliphatic rings. The number of likely N-dealkylation sites (N-methyl/N-ethyl adjacent to an activating group) is 1. The van der Waals surface area contributed by atoms with Gasteiger partial charge in [-0.15, -0.1) is 0 Å². The minimum absolute atomic E-state index is 0.251. The van der Waals surface area contributed by atoms with Gasteiger partial charge in [0.25, 0.3) is 0 Å². The van der Waals surface area contributed by atoms with Crippen LogP contribution < -0.4 is 10.1 Å². The number of rotatable bonds is 9. The van der Waals surface area contributed by atoms with Crippen LogP contribution in [0.25, 0.3) is 27.9 Å². The predicted octanol–water partition coefficient (Wildman–Crippen LogP) is 5.11. The largest absolute Gasteiger partial charge is 0.492 e. The number of nitrogens with zero attached hydrogens (tertiary/aromatic N) is 3. The smallest absolute Gasteiger partial charge is 0.143 e. The van der Waals surface area contributed by atoms with Crippen LogP contribution in [0.3, 0.4) is 0 Å². The van der Waals surface area contributed by atoms with Gasteiger partial charge >= 0.3 is 0 Å². The fourth-order valence-electron chi connectivity index (χ4n) is 4.84. The van der Waals surface area contributed by atoms with Gasteiger partial charge in [0.15, 0.2) is 0 Å². The Morgan fingerprint density at radius 2 is 2.03 bits per heavy atom. The summed E-state index contributed by atoms with van der Waals surface area (Å²) in [5.74, 6) is 1.77. The molecule has 0 saturated carbocycles. The lowest BCUT2D eigenvalue weighted by atomic mass is 9.90. The highest BCUT2D eigenvalue weighted by atomic mass is 16.5. The van der Waals surface area contributed by atoms with Crippen LogP contribution in [0.4, 0.5) is 5.82 Å². The number of benzene rings is 1. The lowest BCUT2D eigenvalue weighted by molar-refractivity contribution is 0.120. The van der Waals surface area contributed by atoms with Crippen molar-refractivity contribution in [1.82, 2.24) is 19.9 Å². The summed E-state index contributed by atoms with van der Waals surface area (Å²) in [5.41, 5.74) is 5.71. The van der Waals surface area contributed by atoms with Gasteiger partial charge in [0.1, 0.15) is 30.1 Å². The first-order valence-electron chi connectivity index (χ1n) is 12.5. The van der Waals surface area contributed by atoms with E-state index < -0.39 is 0 Å². The molecule has 1 atom stereocenters. The Hall–Kier alpha value is -2.90. The number of hydrogen-bond donors (Lipinski definition) is 2. The maximum Gasteiger partial charge on any atom is 0.143 e. The third-order valence-corrected chi connectivity index (χ3v) is 6.67. The van der Waals surface area contributed by atoms with Crippen LogP contribution in [0.1, 0.15) is 44.1 Å². The number of fused-ring (bicyclic) bond motifs is 1. The van der Waals surface area contributed by atoms with Crippen LogP contribution >= 0.6 is 0 Å². The third kappa shape index (κ3) is 5.10. The quantitative estimate of drug-likeness (QED) is 0.461. The highest BCUT2D eigenvalue weighted by Gasteiger charge is 2.23. The average Bonchev–Trinajstić information content (AvgIpc) is 3.52. The van der Waals surface area contributed by atoms with Gasteiger partial charge in [-0.05, 0) is 88.0 Å². The average molecular weight is 462 g/mol. The topological polar surface area (TPSA) is 75.3 Å². The predicted molar refractivity (Wildman–Crippen MR) is 137 cm³/mol. The van der Waals surface area contributed by atoms with Crippen molar-refractivity contribution in [2.24, 2.45) is 0 Å². The summed E-state index contributed by atoms with van der Waals surface area (Å²) in [7, 11) is 4.10. The highest BCUT2D eigenvalue weighted by Crippen LogP contribution is 2.41. The first-order valence-corrected chi connectivity index (χ1v) is 12.5. The molecule has 2 aromatic heterocycles. The number of aromatic nitrogens is 3. The molecular weight excluding hydrogens is 426 g/mol. The molecule has 1 aliphatic carbocycles. The number of hydrogen-bond acceptors (Lipinski definition) is 6. The van der Waals surface area contributed by atoms with Crippen LogP contribution in [0.2, 0.25) is 0 Å². The fourth-order valence-corrected chi connectivity index (χ4v) is 4.84. The molecule has 0 unspecified atom stereocenters. The Labute approximate surface area is 201 Å². The van der Waals surface area contributed by atoms with E-state index in [0.29, 0.717) is 6.61 Å². The second kappa shape index (κ2) is 10.6. The van der Waals surface area contributed by atoms with Crippen molar-refractivity contribution in [3.63, 3.8) is 0 Å². The van der Waals surface area contributed by atoms with Gasteiger partial charge < -0.3 is 24.7 Å². The monoisotopic (exact) mass is 461 g/mol. The molecule has 3 aromatic rings. The molecule has 1 saturated heterocycles. The standard InChI is InChI=1S/C27H35N5O2/c1-32(2)14-16-34-21-12-10-20(11-13-21)25-23(19-7-4-3-5-8-19)24-26(29-18-30-27(24)31-25)28-17-22-9-6-15-33-22/h7,10-13,18,22H,3-6,8-9,14-17H2,1-2H3,(H2,28,29,30,31)/t22-/m0/s1. The van der Waals surface area contributed by atoms with Crippen molar-refractivity contribution in [3.8, 4) is 17.0 Å². The number of nitrogens with one attached hydrogen (secondary N) is 2. The number of allylic oxidation sites excluding steroid dienone is 2. The fraction of sp³-hybridized carbons (Fsp3) is 0.481. The summed E-state index contributed by atoms with van der Waals surface area (Å²) >= 11 is 0. The van der Waals surface area contributed by atoms with E-state index in [4.69, 9.17) is 9.47 Å². The molecule has 0 radical (unpaired) electrons. The van der Waals surface area contributed by atoms with E-state index in [9.17, 15) is 0 Å². The molecule has 0 amide bonds. The SMILES string of the molecule is CN(C)CCOc1ccc(-c2[nH]c3ncnc(NC[C@@H]4CCCO4)c3c2C2=CCCCC2)cc1. The van der Waals surface area contributed by atoms with E-state index in [2.05, 4.69) is 69.6 Å². The van der Waals surface area contributed by atoms with E-state index in [1.807, 2.05) is 0 Å². The third-order valence-electron chi connectivity index (χ3n) is 6.67. The van der Waals surface area contributed by atoms with Crippen LogP contribution in [0.15, 0.2) is 36.7 Å². The van der Waals surface area contributed by atoms with E-state index in [1.54, 1.807) is 6.33 Å². The summed E-state index contributed by atoms with van der Waals surface area (Å²) in [4.78, 5) is 15.0. The summed E-state index contributed by atoms with van der Waals surface area (Å²) in [6.07, 6.45) is 11.2. The van der Waals surface area contributed by atoms with E-state index >= 15 is 0 Å². The molecule has 34 heavy (non-hydrogen) atoms. The molecule has 3 heterocycles. The van der Waals surface area contributed by atoms with E-state index in [-0.39, 0.29) is 6.10 Å². The summed E-state index contributed by atoms with van der Waals surface area (Å²) in [5, 5.41) is 4.65. The van der Waals surface area contributed by atoms with Gasteiger partial charge in [0, 0.05) is 25.3 Å². The van der Waals surface area contributed by atoms with Crippen molar-refractivity contribution >= 4 is 22.4 Å². The number of H-pyrrole nitrogens is 1. The van der Waals surface area contributed by atoms with Crippen molar-refractivity contribution < 1.29 is 9.47 Å². The number of ether oxygens (including phenoxy) is 2. The Kier molecular flexibility index (Phi) is 7.11. The van der Waals surface area contributed by atoms with Gasteiger partial charge in [-0.1, -0.05) is 6.08 Å². The zero-order valence-corrected chi connectivity index (χ0v) is 20.3. The lowest BCUT2D eigenvalue weighted by Crippen LogP contribution is -2.19. The Morgan fingerprint density at radius 1 is 1.15 bits per heavy atom. The van der Waals surface area contributed by atoms with Gasteiger partial charge in [-0.3, -0.25) is 0 Å². The number of anilines is 1. The van der Waals surface area contributed by atoms with Crippen molar-refractivity contribution in [2.45, 2.75) is 44.6 Å². The normalized spacial score (nSPS) is 18.4. The van der Waals surface area contributed by atoms with Gasteiger partial charge in [0.05, 0.1) is 17.2 Å². The minimum atomic E-state index is 0.251. The van der Waals surface area contributed by atoms with E-state index in [1.165, 1.54) is 24.0 Å². The molecular formula is C27H35N5O2. The Bertz CT molecular complexity index is 1130.